The molecule has 0 spiro atoms. The fraction of sp³-hybridized carbons (Fsp3) is 0.158. The predicted molar refractivity (Wildman–Crippen MR) is 92.9 cm³/mol. The zero-order valence-electron chi connectivity index (χ0n) is 13.3. The average molecular weight is 319 g/mol. The van der Waals surface area contributed by atoms with Crippen LogP contribution in [0.4, 0.5) is 11.5 Å². The highest BCUT2D eigenvalue weighted by Crippen LogP contribution is 2.39. The third kappa shape index (κ3) is 2.65. The molecule has 0 fully saturated rings. The summed E-state index contributed by atoms with van der Waals surface area (Å²) in [4.78, 5) is 8.73. The molecule has 4 rings (SSSR count). The number of aromatic nitrogens is 2. The number of benzene rings is 1. The van der Waals surface area contributed by atoms with E-state index in [-0.39, 0.29) is 0 Å². The topological polar surface area (TPSA) is 56.3 Å². The van der Waals surface area contributed by atoms with E-state index in [4.69, 9.17) is 9.47 Å². The van der Waals surface area contributed by atoms with Gasteiger partial charge in [0.05, 0.1) is 31.8 Å². The summed E-state index contributed by atoms with van der Waals surface area (Å²) in [5.74, 6) is 2.22. The maximum atomic E-state index is 5.84. The molecule has 0 atom stereocenters. The summed E-state index contributed by atoms with van der Waals surface area (Å²) in [7, 11) is 1.62. The monoisotopic (exact) mass is 319 g/mol. The normalized spacial score (nSPS) is 12.4. The zero-order valence-corrected chi connectivity index (χ0v) is 13.3. The van der Waals surface area contributed by atoms with E-state index < -0.39 is 0 Å². The van der Waals surface area contributed by atoms with Crippen molar-refractivity contribution in [2.24, 2.45) is 0 Å². The van der Waals surface area contributed by atoms with Gasteiger partial charge in [0.1, 0.15) is 5.75 Å². The molecule has 0 amide bonds. The van der Waals surface area contributed by atoms with Gasteiger partial charge >= 0.3 is 0 Å². The quantitative estimate of drug-likeness (QED) is 0.792. The summed E-state index contributed by atoms with van der Waals surface area (Å²) >= 11 is 0. The van der Waals surface area contributed by atoms with Crippen molar-refractivity contribution in [1.29, 1.82) is 0 Å². The first-order chi connectivity index (χ1) is 11.8. The van der Waals surface area contributed by atoms with E-state index in [1.165, 1.54) is 5.56 Å². The molecule has 0 saturated carbocycles. The van der Waals surface area contributed by atoms with Crippen LogP contribution in [0.3, 0.4) is 0 Å². The number of nitrogens with one attached hydrogen (secondary N) is 1. The van der Waals surface area contributed by atoms with E-state index in [1.54, 1.807) is 19.5 Å². The van der Waals surface area contributed by atoms with Crippen LogP contribution in [0.2, 0.25) is 0 Å². The fourth-order valence-electron chi connectivity index (χ4n) is 2.88. The van der Waals surface area contributed by atoms with Gasteiger partial charge in [-0.25, -0.2) is 4.98 Å². The van der Waals surface area contributed by atoms with Crippen LogP contribution in [0.15, 0.2) is 55.0 Å². The lowest BCUT2D eigenvalue weighted by atomic mass is 10.0. The maximum absolute atomic E-state index is 5.84. The molecule has 5 nitrogen and oxygen atoms in total. The summed E-state index contributed by atoms with van der Waals surface area (Å²) in [5, 5.41) is 3.28. The molecule has 120 valence electrons. The van der Waals surface area contributed by atoms with E-state index in [0.717, 1.165) is 29.0 Å². The largest absolute Gasteiger partial charge is 0.495 e. The molecule has 1 aromatic carbocycles. The summed E-state index contributed by atoms with van der Waals surface area (Å²) in [6.45, 7) is 0.673. The van der Waals surface area contributed by atoms with Crippen molar-refractivity contribution in [1.82, 2.24) is 9.97 Å². The van der Waals surface area contributed by atoms with E-state index in [0.29, 0.717) is 18.2 Å². The lowest BCUT2D eigenvalue weighted by Crippen LogP contribution is -1.99. The molecule has 5 heteroatoms. The Bertz CT molecular complexity index is 866. The number of methoxy groups -OCH3 is 1. The van der Waals surface area contributed by atoms with Crippen molar-refractivity contribution in [3.8, 4) is 22.6 Å². The van der Waals surface area contributed by atoms with Gasteiger partial charge in [-0.1, -0.05) is 30.3 Å². The van der Waals surface area contributed by atoms with Crippen LogP contribution >= 0.6 is 0 Å². The van der Waals surface area contributed by atoms with Gasteiger partial charge in [0.15, 0.2) is 11.6 Å². The van der Waals surface area contributed by atoms with Crippen molar-refractivity contribution in [2.45, 2.75) is 6.42 Å². The number of hydrogen-bond donors (Lipinski definition) is 1. The second-order valence-electron chi connectivity index (χ2n) is 5.53. The first-order valence-electron chi connectivity index (χ1n) is 7.81. The van der Waals surface area contributed by atoms with Crippen molar-refractivity contribution in [3.63, 3.8) is 0 Å². The van der Waals surface area contributed by atoms with Crippen LogP contribution in [0.5, 0.6) is 11.5 Å². The summed E-state index contributed by atoms with van der Waals surface area (Å²) in [6, 6.07) is 12.1. The molecule has 0 unspecified atom stereocenters. The van der Waals surface area contributed by atoms with Gasteiger partial charge in [-0.3, -0.25) is 4.98 Å². The number of fused-ring (bicyclic) bond motifs is 1. The Balaban J connectivity index is 1.72. The Labute approximate surface area is 140 Å². The lowest BCUT2D eigenvalue weighted by molar-refractivity contribution is 0.357. The van der Waals surface area contributed by atoms with E-state index in [2.05, 4.69) is 27.4 Å². The molecule has 3 heterocycles. The number of hydrogen-bond acceptors (Lipinski definition) is 5. The summed E-state index contributed by atoms with van der Waals surface area (Å²) < 4.78 is 11.1. The third-order valence-electron chi connectivity index (χ3n) is 4.03. The van der Waals surface area contributed by atoms with Gasteiger partial charge in [0.25, 0.3) is 0 Å². The molecule has 0 bridgehead atoms. The van der Waals surface area contributed by atoms with Gasteiger partial charge in [-0.05, 0) is 5.56 Å². The maximum Gasteiger partial charge on any atom is 0.173 e. The molecule has 1 N–H and O–H groups in total. The summed E-state index contributed by atoms with van der Waals surface area (Å²) in [5.41, 5.74) is 4.28. The predicted octanol–water partition coefficient (Wildman–Crippen LogP) is 3.83. The molecular weight excluding hydrogens is 302 g/mol. The Kier molecular flexibility index (Phi) is 3.75. The smallest absolute Gasteiger partial charge is 0.173 e. The molecule has 1 aliphatic rings. The van der Waals surface area contributed by atoms with E-state index in [9.17, 15) is 0 Å². The van der Waals surface area contributed by atoms with Crippen molar-refractivity contribution < 1.29 is 9.47 Å². The van der Waals surface area contributed by atoms with Crippen LogP contribution < -0.4 is 14.8 Å². The molecule has 24 heavy (non-hydrogen) atoms. The Morgan fingerprint density at radius 1 is 1.12 bits per heavy atom. The molecule has 0 saturated heterocycles. The first-order valence-corrected chi connectivity index (χ1v) is 7.81. The number of rotatable bonds is 4. The van der Waals surface area contributed by atoms with Crippen LogP contribution in [0.25, 0.3) is 11.1 Å². The third-order valence-corrected chi connectivity index (χ3v) is 4.03. The number of anilines is 2. The van der Waals surface area contributed by atoms with E-state index >= 15 is 0 Å². The second kappa shape index (κ2) is 6.20. The second-order valence-corrected chi connectivity index (χ2v) is 5.53. The van der Waals surface area contributed by atoms with Crippen molar-refractivity contribution >= 4 is 11.5 Å². The van der Waals surface area contributed by atoms with Gasteiger partial charge in [0.2, 0.25) is 0 Å². The highest BCUT2D eigenvalue weighted by Gasteiger charge is 2.22. The SMILES string of the molecule is COc1cncc(Nc2ncc(-c3ccccc3)c3c2OCC3)c1. The Morgan fingerprint density at radius 2 is 2.00 bits per heavy atom. The lowest BCUT2D eigenvalue weighted by Gasteiger charge is -2.13. The molecule has 3 aromatic rings. The zero-order chi connectivity index (χ0) is 16.4. The van der Waals surface area contributed by atoms with Crippen LogP contribution in [0.1, 0.15) is 5.56 Å². The van der Waals surface area contributed by atoms with Crippen LogP contribution in [-0.4, -0.2) is 23.7 Å². The van der Waals surface area contributed by atoms with Crippen LogP contribution in [-0.2, 0) is 6.42 Å². The van der Waals surface area contributed by atoms with Gasteiger partial charge in [-0.15, -0.1) is 0 Å². The molecular formula is C19H17N3O2. The highest BCUT2D eigenvalue weighted by molar-refractivity contribution is 5.76. The summed E-state index contributed by atoms with van der Waals surface area (Å²) in [6.07, 6.45) is 6.18. The van der Waals surface area contributed by atoms with Gasteiger partial charge in [-0.2, -0.15) is 0 Å². The fourth-order valence-corrected chi connectivity index (χ4v) is 2.88. The average Bonchev–Trinajstić information content (AvgIpc) is 3.13. The number of ether oxygens (including phenoxy) is 2. The van der Waals surface area contributed by atoms with Gasteiger partial charge in [0, 0.05) is 29.8 Å². The minimum absolute atomic E-state index is 0.673. The number of nitrogens with zero attached hydrogens (tertiary/aromatic N) is 2. The highest BCUT2D eigenvalue weighted by atomic mass is 16.5. The van der Waals surface area contributed by atoms with Gasteiger partial charge < -0.3 is 14.8 Å². The van der Waals surface area contributed by atoms with Crippen molar-refractivity contribution in [2.75, 3.05) is 19.0 Å². The minimum Gasteiger partial charge on any atom is -0.495 e. The molecule has 0 radical (unpaired) electrons. The molecule has 0 aliphatic carbocycles. The number of pyridine rings is 2. The Hall–Kier alpha value is -3.08. The minimum atomic E-state index is 0.673. The van der Waals surface area contributed by atoms with Crippen molar-refractivity contribution in [3.05, 3.63) is 60.6 Å². The van der Waals surface area contributed by atoms with Crippen LogP contribution in [0, 0.1) is 0 Å². The first kappa shape index (κ1) is 14.5. The standard InChI is InChI=1S/C19H17N3O2/c1-23-15-9-14(10-20-11-15)22-19-18-16(7-8-24-18)17(12-21-19)13-5-3-2-4-6-13/h2-6,9-12H,7-8H2,1H3,(H,21,22). The molecule has 1 aliphatic heterocycles. The van der Waals surface area contributed by atoms with E-state index in [1.807, 2.05) is 30.5 Å². The Morgan fingerprint density at radius 3 is 2.83 bits per heavy atom. The molecule has 2 aromatic heterocycles.